The molecule has 0 bridgehead atoms. The molecule has 0 fully saturated rings. The van der Waals surface area contributed by atoms with E-state index in [1.807, 2.05) is 25.1 Å². The van der Waals surface area contributed by atoms with E-state index in [1.165, 1.54) is 0 Å². The van der Waals surface area contributed by atoms with Crippen LogP contribution >= 0.6 is 11.6 Å². The number of hydrogen-bond donors (Lipinski definition) is 1. The topological polar surface area (TPSA) is 59.1 Å². The van der Waals surface area contributed by atoms with Crippen molar-refractivity contribution in [3.05, 3.63) is 70.9 Å². The summed E-state index contributed by atoms with van der Waals surface area (Å²) in [5.41, 5.74) is 2.50. The van der Waals surface area contributed by atoms with Gasteiger partial charge in [0.25, 0.3) is 0 Å². The van der Waals surface area contributed by atoms with Gasteiger partial charge in [-0.15, -0.1) is 0 Å². The van der Waals surface area contributed by atoms with Gasteiger partial charge in [-0.05, 0) is 30.7 Å². The summed E-state index contributed by atoms with van der Waals surface area (Å²) in [7, 11) is -3.59. The number of aromatic nitrogens is 1. The summed E-state index contributed by atoms with van der Waals surface area (Å²) in [6, 6.07) is 16.1. The zero-order valence-electron chi connectivity index (χ0n) is 12.5. The smallest absolute Gasteiger partial charge is 0.237 e. The average Bonchev–Trinajstić information content (AvgIpc) is 2.50. The van der Waals surface area contributed by atoms with Crippen LogP contribution in [-0.2, 0) is 15.8 Å². The SMILES string of the molecule is Cc1ccc2cccc(NS(=O)(=O)Cc3ccccc3Cl)c2n1. The standard InChI is InChI=1S/C17H15ClN2O2S/c1-12-9-10-13-6-4-8-16(17(13)19-12)20-23(21,22)11-14-5-2-3-7-15(14)18/h2-10,20H,11H2,1H3. The molecule has 0 atom stereocenters. The first-order valence-electron chi connectivity index (χ1n) is 7.05. The Labute approximate surface area is 140 Å². The van der Waals surface area contributed by atoms with Crippen LogP contribution in [0.1, 0.15) is 11.3 Å². The minimum atomic E-state index is -3.59. The Kier molecular flexibility index (Phi) is 4.24. The molecule has 0 aliphatic heterocycles. The fourth-order valence-electron chi connectivity index (χ4n) is 2.35. The Hall–Kier alpha value is -2.11. The Morgan fingerprint density at radius 3 is 2.61 bits per heavy atom. The van der Waals surface area contributed by atoms with Crippen molar-refractivity contribution in [2.45, 2.75) is 12.7 Å². The number of fused-ring (bicyclic) bond motifs is 1. The molecule has 0 aliphatic carbocycles. The van der Waals surface area contributed by atoms with Crippen molar-refractivity contribution in [1.82, 2.24) is 4.98 Å². The molecule has 0 amide bonds. The minimum Gasteiger partial charge on any atom is -0.281 e. The summed E-state index contributed by atoms with van der Waals surface area (Å²) in [6.45, 7) is 1.87. The van der Waals surface area contributed by atoms with Crippen molar-refractivity contribution in [3.63, 3.8) is 0 Å². The summed E-state index contributed by atoms with van der Waals surface area (Å²) >= 11 is 6.04. The van der Waals surface area contributed by atoms with Crippen molar-refractivity contribution < 1.29 is 8.42 Å². The van der Waals surface area contributed by atoms with Crippen LogP contribution in [0.2, 0.25) is 5.02 Å². The van der Waals surface area contributed by atoms with Gasteiger partial charge in [0.2, 0.25) is 10.0 Å². The Morgan fingerprint density at radius 2 is 1.83 bits per heavy atom. The van der Waals surface area contributed by atoms with Gasteiger partial charge in [0.05, 0.1) is 17.0 Å². The van der Waals surface area contributed by atoms with Crippen LogP contribution in [0.5, 0.6) is 0 Å². The summed E-state index contributed by atoms with van der Waals surface area (Å²) in [4.78, 5) is 4.43. The van der Waals surface area contributed by atoms with E-state index in [2.05, 4.69) is 9.71 Å². The molecular formula is C17H15ClN2O2S. The molecule has 3 aromatic rings. The molecule has 0 unspecified atom stereocenters. The zero-order chi connectivity index (χ0) is 16.4. The number of halogens is 1. The molecule has 23 heavy (non-hydrogen) atoms. The van der Waals surface area contributed by atoms with E-state index in [-0.39, 0.29) is 5.75 Å². The molecule has 0 aliphatic rings. The number of anilines is 1. The van der Waals surface area contributed by atoms with Gasteiger partial charge in [-0.3, -0.25) is 9.71 Å². The van der Waals surface area contributed by atoms with E-state index < -0.39 is 10.0 Å². The number of nitrogens with zero attached hydrogens (tertiary/aromatic N) is 1. The Bertz CT molecular complexity index is 971. The number of para-hydroxylation sites is 1. The molecule has 0 spiro atoms. The highest BCUT2D eigenvalue weighted by Gasteiger charge is 2.15. The molecule has 1 heterocycles. The number of hydrogen-bond acceptors (Lipinski definition) is 3. The summed E-state index contributed by atoms with van der Waals surface area (Å²) in [6.07, 6.45) is 0. The maximum Gasteiger partial charge on any atom is 0.237 e. The molecule has 0 radical (unpaired) electrons. The van der Waals surface area contributed by atoms with Crippen LogP contribution in [0.3, 0.4) is 0 Å². The second-order valence-electron chi connectivity index (χ2n) is 5.28. The quantitative estimate of drug-likeness (QED) is 0.772. The number of aryl methyl sites for hydroxylation is 1. The maximum absolute atomic E-state index is 12.5. The van der Waals surface area contributed by atoms with Crippen molar-refractivity contribution >= 4 is 38.2 Å². The third-order valence-corrected chi connectivity index (χ3v) is 5.02. The molecule has 0 saturated carbocycles. The highest BCUT2D eigenvalue weighted by molar-refractivity contribution is 7.91. The third kappa shape index (κ3) is 3.63. The van der Waals surface area contributed by atoms with Gasteiger partial charge in [-0.1, -0.05) is 48.0 Å². The van der Waals surface area contributed by atoms with E-state index in [9.17, 15) is 8.42 Å². The Balaban J connectivity index is 1.95. The van der Waals surface area contributed by atoms with Gasteiger partial charge in [-0.25, -0.2) is 8.42 Å². The molecule has 2 aromatic carbocycles. The third-order valence-electron chi connectivity index (χ3n) is 3.43. The fraction of sp³-hybridized carbons (Fsp3) is 0.118. The predicted molar refractivity (Wildman–Crippen MR) is 94.2 cm³/mol. The number of rotatable bonds is 4. The summed E-state index contributed by atoms with van der Waals surface area (Å²) in [5, 5.41) is 1.32. The molecule has 1 aromatic heterocycles. The van der Waals surface area contributed by atoms with E-state index >= 15 is 0 Å². The van der Waals surface area contributed by atoms with E-state index in [1.54, 1.807) is 36.4 Å². The first kappa shape index (κ1) is 15.8. The highest BCUT2D eigenvalue weighted by Crippen LogP contribution is 2.24. The monoisotopic (exact) mass is 346 g/mol. The lowest BCUT2D eigenvalue weighted by Crippen LogP contribution is -2.15. The molecule has 0 saturated heterocycles. The predicted octanol–water partition coefficient (Wildman–Crippen LogP) is 4.14. The van der Waals surface area contributed by atoms with Gasteiger partial charge in [0, 0.05) is 16.1 Å². The molecular weight excluding hydrogens is 332 g/mol. The van der Waals surface area contributed by atoms with Crippen LogP contribution in [0.15, 0.2) is 54.6 Å². The van der Waals surface area contributed by atoms with Gasteiger partial charge in [0.15, 0.2) is 0 Å². The largest absolute Gasteiger partial charge is 0.281 e. The van der Waals surface area contributed by atoms with Crippen molar-refractivity contribution in [2.24, 2.45) is 0 Å². The van der Waals surface area contributed by atoms with Gasteiger partial charge >= 0.3 is 0 Å². The molecule has 1 N–H and O–H groups in total. The lowest BCUT2D eigenvalue weighted by Gasteiger charge is -2.11. The Morgan fingerprint density at radius 1 is 1.04 bits per heavy atom. The van der Waals surface area contributed by atoms with E-state index in [4.69, 9.17) is 11.6 Å². The molecule has 6 heteroatoms. The average molecular weight is 347 g/mol. The normalized spacial score (nSPS) is 11.6. The van der Waals surface area contributed by atoms with Gasteiger partial charge in [0.1, 0.15) is 0 Å². The first-order chi connectivity index (χ1) is 10.9. The van der Waals surface area contributed by atoms with Gasteiger partial charge in [-0.2, -0.15) is 0 Å². The fourth-order valence-corrected chi connectivity index (χ4v) is 3.87. The molecule has 4 nitrogen and oxygen atoms in total. The maximum atomic E-state index is 12.5. The van der Waals surface area contributed by atoms with Crippen LogP contribution < -0.4 is 4.72 Å². The second-order valence-corrected chi connectivity index (χ2v) is 7.41. The minimum absolute atomic E-state index is 0.186. The summed E-state index contributed by atoms with van der Waals surface area (Å²) in [5.74, 6) is -0.186. The van der Waals surface area contributed by atoms with Crippen molar-refractivity contribution in [3.8, 4) is 0 Å². The van der Waals surface area contributed by atoms with Crippen LogP contribution in [0.25, 0.3) is 10.9 Å². The van der Waals surface area contributed by atoms with E-state index in [0.717, 1.165) is 11.1 Å². The molecule has 3 rings (SSSR count). The van der Waals surface area contributed by atoms with Crippen LogP contribution in [-0.4, -0.2) is 13.4 Å². The lowest BCUT2D eigenvalue weighted by atomic mass is 10.2. The van der Waals surface area contributed by atoms with Crippen LogP contribution in [0, 0.1) is 6.92 Å². The number of nitrogens with one attached hydrogen (secondary N) is 1. The van der Waals surface area contributed by atoms with E-state index in [0.29, 0.717) is 21.8 Å². The van der Waals surface area contributed by atoms with Crippen LogP contribution in [0.4, 0.5) is 5.69 Å². The first-order valence-corrected chi connectivity index (χ1v) is 9.08. The second kappa shape index (κ2) is 6.18. The van der Waals surface area contributed by atoms with Crippen molar-refractivity contribution in [1.29, 1.82) is 0 Å². The van der Waals surface area contributed by atoms with Crippen molar-refractivity contribution in [2.75, 3.05) is 4.72 Å². The number of benzene rings is 2. The number of sulfonamides is 1. The summed E-state index contributed by atoms with van der Waals surface area (Å²) < 4.78 is 27.5. The number of pyridine rings is 1. The molecule has 118 valence electrons. The lowest BCUT2D eigenvalue weighted by molar-refractivity contribution is 0.600. The van der Waals surface area contributed by atoms with Gasteiger partial charge < -0.3 is 0 Å². The highest BCUT2D eigenvalue weighted by atomic mass is 35.5. The zero-order valence-corrected chi connectivity index (χ0v) is 14.0.